The largest absolute Gasteiger partial charge is 0.325 e. The molecule has 0 aliphatic heterocycles. The highest BCUT2D eigenvalue weighted by Crippen LogP contribution is 2.24. The minimum atomic E-state index is -0.747. The van der Waals surface area contributed by atoms with Crippen LogP contribution in [0.25, 0.3) is 5.69 Å². The summed E-state index contributed by atoms with van der Waals surface area (Å²) in [6, 6.07) is 10.7. The van der Waals surface area contributed by atoms with Crippen molar-refractivity contribution >= 4 is 23.4 Å². The predicted molar refractivity (Wildman–Crippen MR) is 96.5 cm³/mol. The van der Waals surface area contributed by atoms with Crippen molar-refractivity contribution in [1.82, 2.24) is 14.8 Å². The standard InChI is InChI=1S/C18H16F2N4OS/c1-11-5-3-4-6-16(11)24-12(2)22-23-18(24)26-10-17(25)21-15-8-13(19)7-14(20)9-15/h3-9H,10H2,1-2H3,(H,21,25). The monoisotopic (exact) mass is 374 g/mol. The zero-order chi connectivity index (χ0) is 18.7. The van der Waals surface area contributed by atoms with E-state index in [0.717, 1.165) is 29.4 Å². The fourth-order valence-corrected chi connectivity index (χ4v) is 3.27. The lowest BCUT2D eigenvalue weighted by Gasteiger charge is -2.11. The average Bonchev–Trinajstić information content (AvgIpc) is 2.93. The molecule has 0 saturated heterocycles. The predicted octanol–water partition coefficient (Wildman–Crippen LogP) is 3.89. The maximum Gasteiger partial charge on any atom is 0.234 e. The Balaban J connectivity index is 1.72. The minimum absolute atomic E-state index is 0.0299. The van der Waals surface area contributed by atoms with Gasteiger partial charge in [0.25, 0.3) is 0 Å². The summed E-state index contributed by atoms with van der Waals surface area (Å²) in [4.78, 5) is 12.1. The van der Waals surface area contributed by atoms with E-state index in [1.807, 2.05) is 42.7 Å². The molecule has 134 valence electrons. The number of halogens is 2. The van der Waals surface area contributed by atoms with Gasteiger partial charge in [0.1, 0.15) is 17.5 Å². The summed E-state index contributed by atoms with van der Waals surface area (Å²) in [5.41, 5.74) is 2.06. The Bertz CT molecular complexity index is 938. The summed E-state index contributed by atoms with van der Waals surface area (Å²) in [6.07, 6.45) is 0. The van der Waals surface area contributed by atoms with Crippen LogP contribution in [0.1, 0.15) is 11.4 Å². The van der Waals surface area contributed by atoms with Gasteiger partial charge in [-0.05, 0) is 37.6 Å². The highest BCUT2D eigenvalue weighted by molar-refractivity contribution is 7.99. The van der Waals surface area contributed by atoms with Crippen LogP contribution in [0.5, 0.6) is 0 Å². The van der Waals surface area contributed by atoms with Gasteiger partial charge >= 0.3 is 0 Å². The van der Waals surface area contributed by atoms with Crippen LogP contribution in [0.4, 0.5) is 14.5 Å². The van der Waals surface area contributed by atoms with E-state index in [-0.39, 0.29) is 11.4 Å². The molecule has 8 heteroatoms. The third kappa shape index (κ3) is 4.08. The molecule has 0 atom stereocenters. The number of anilines is 1. The molecule has 2 aromatic carbocycles. The van der Waals surface area contributed by atoms with Crippen LogP contribution in [0.2, 0.25) is 0 Å². The van der Waals surface area contributed by atoms with Gasteiger partial charge in [0.2, 0.25) is 5.91 Å². The van der Waals surface area contributed by atoms with Gasteiger partial charge in [0.05, 0.1) is 11.4 Å². The van der Waals surface area contributed by atoms with Crippen molar-refractivity contribution in [1.29, 1.82) is 0 Å². The Hall–Kier alpha value is -2.74. The van der Waals surface area contributed by atoms with Crippen molar-refractivity contribution in [3.63, 3.8) is 0 Å². The van der Waals surface area contributed by atoms with Crippen LogP contribution < -0.4 is 5.32 Å². The Kier molecular flexibility index (Phi) is 5.32. The highest BCUT2D eigenvalue weighted by atomic mass is 32.2. The molecule has 1 aromatic heterocycles. The zero-order valence-electron chi connectivity index (χ0n) is 14.2. The minimum Gasteiger partial charge on any atom is -0.325 e. The van der Waals surface area contributed by atoms with Crippen molar-refractivity contribution < 1.29 is 13.6 Å². The van der Waals surface area contributed by atoms with Gasteiger partial charge in [-0.1, -0.05) is 30.0 Å². The summed E-state index contributed by atoms with van der Waals surface area (Å²) in [5, 5.41) is 11.2. The molecule has 5 nitrogen and oxygen atoms in total. The van der Waals surface area contributed by atoms with Crippen LogP contribution in [-0.4, -0.2) is 26.4 Å². The Morgan fingerprint density at radius 2 is 1.81 bits per heavy atom. The first kappa shape index (κ1) is 18.1. The number of thioether (sulfide) groups is 1. The molecule has 0 fully saturated rings. The molecule has 0 spiro atoms. The second-order valence-electron chi connectivity index (χ2n) is 5.65. The van der Waals surface area contributed by atoms with Crippen molar-refractivity contribution in [2.75, 3.05) is 11.1 Å². The first-order valence-electron chi connectivity index (χ1n) is 7.81. The number of aromatic nitrogens is 3. The number of para-hydroxylation sites is 1. The number of hydrogen-bond acceptors (Lipinski definition) is 4. The number of amides is 1. The molecule has 0 radical (unpaired) electrons. The SMILES string of the molecule is Cc1ccccc1-n1c(C)nnc1SCC(=O)Nc1cc(F)cc(F)c1. The number of hydrogen-bond donors (Lipinski definition) is 1. The summed E-state index contributed by atoms with van der Waals surface area (Å²) in [5.74, 6) is -1.15. The summed E-state index contributed by atoms with van der Waals surface area (Å²) in [7, 11) is 0. The molecule has 1 heterocycles. The van der Waals surface area contributed by atoms with Crippen molar-refractivity contribution in [3.8, 4) is 5.69 Å². The first-order chi connectivity index (χ1) is 12.4. The van der Waals surface area contributed by atoms with Crippen LogP contribution in [0, 0.1) is 25.5 Å². The number of benzene rings is 2. The van der Waals surface area contributed by atoms with E-state index in [2.05, 4.69) is 15.5 Å². The molecule has 0 unspecified atom stereocenters. The smallest absolute Gasteiger partial charge is 0.234 e. The molecule has 0 aliphatic carbocycles. The molecule has 3 rings (SSSR count). The molecule has 1 amide bonds. The van der Waals surface area contributed by atoms with E-state index >= 15 is 0 Å². The van der Waals surface area contributed by atoms with Crippen molar-refractivity contribution in [2.45, 2.75) is 19.0 Å². The van der Waals surface area contributed by atoms with Gasteiger partial charge < -0.3 is 5.32 Å². The summed E-state index contributed by atoms with van der Waals surface area (Å²) < 4.78 is 28.3. The van der Waals surface area contributed by atoms with Gasteiger partial charge in [-0.3, -0.25) is 9.36 Å². The summed E-state index contributed by atoms with van der Waals surface area (Å²) in [6.45, 7) is 3.81. The van der Waals surface area contributed by atoms with E-state index in [1.54, 1.807) is 0 Å². The fraction of sp³-hybridized carbons (Fsp3) is 0.167. The number of aryl methyl sites for hydroxylation is 2. The Morgan fingerprint density at radius 1 is 1.12 bits per heavy atom. The van der Waals surface area contributed by atoms with Gasteiger partial charge in [0.15, 0.2) is 5.16 Å². The maximum atomic E-state index is 13.2. The zero-order valence-corrected chi connectivity index (χ0v) is 15.0. The van der Waals surface area contributed by atoms with E-state index in [0.29, 0.717) is 11.0 Å². The molecule has 0 saturated carbocycles. The number of nitrogens with one attached hydrogen (secondary N) is 1. The number of nitrogens with zero attached hydrogens (tertiary/aromatic N) is 3. The summed E-state index contributed by atoms with van der Waals surface area (Å²) >= 11 is 1.20. The molecule has 1 N–H and O–H groups in total. The van der Waals surface area contributed by atoms with Gasteiger partial charge in [-0.2, -0.15) is 0 Å². The maximum absolute atomic E-state index is 13.2. The lowest BCUT2D eigenvalue weighted by atomic mass is 10.2. The molecule has 3 aromatic rings. The van der Waals surface area contributed by atoms with E-state index in [9.17, 15) is 13.6 Å². The van der Waals surface area contributed by atoms with Crippen LogP contribution in [-0.2, 0) is 4.79 Å². The fourth-order valence-electron chi connectivity index (χ4n) is 2.48. The van der Waals surface area contributed by atoms with Gasteiger partial charge in [0, 0.05) is 11.8 Å². The molecular formula is C18H16F2N4OS. The lowest BCUT2D eigenvalue weighted by Crippen LogP contribution is -2.15. The number of rotatable bonds is 5. The highest BCUT2D eigenvalue weighted by Gasteiger charge is 2.15. The van der Waals surface area contributed by atoms with E-state index in [1.165, 1.54) is 11.8 Å². The van der Waals surface area contributed by atoms with Crippen LogP contribution in [0.3, 0.4) is 0 Å². The molecule has 0 bridgehead atoms. The molecule has 26 heavy (non-hydrogen) atoms. The van der Waals surface area contributed by atoms with E-state index < -0.39 is 17.5 Å². The Labute approximate surface area is 153 Å². The van der Waals surface area contributed by atoms with E-state index in [4.69, 9.17) is 0 Å². The molecule has 0 aliphatic rings. The van der Waals surface area contributed by atoms with Crippen LogP contribution >= 0.6 is 11.8 Å². The third-order valence-corrected chi connectivity index (χ3v) is 4.56. The number of carbonyl (C=O) groups excluding carboxylic acids is 1. The second kappa shape index (κ2) is 7.65. The second-order valence-corrected chi connectivity index (χ2v) is 6.59. The third-order valence-electron chi connectivity index (χ3n) is 3.63. The average molecular weight is 374 g/mol. The van der Waals surface area contributed by atoms with Crippen molar-refractivity contribution in [3.05, 3.63) is 65.5 Å². The van der Waals surface area contributed by atoms with Gasteiger partial charge in [-0.15, -0.1) is 10.2 Å². The normalized spacial score (nSPS) is 10.8. The van der Waals surface area contributed by atoms with Crippen LogP contribution in [0.15, 0.2) is 47.6 Å². The Morgan fingerprint density at radius 3 is 2.50 bits per heavy atom. The lowest BCUT2D eigenvalue weighted by molar-refractivity contribution is -0.113. The quantitative estimate of drug-likeness (QED) is 0.688. The first-order valence-corrected chi connectivity index (χ1v) is 8.79. The topological polar surface area (TPSA) is 59.8 Å². The van der Waals surface area contributed by atoms with Crippen molar-refractivity contribution in [2.24, 2.45) is 0 Å². The molecular weight excluding hydrogens is 358 g/mol. The van der Waals surface area contributed by atoms with Gasteiger partial charge in [-0.25, -0.2) is 8.78 Å². The number of carbonyl (C=O) groups is 1.